The summed E-state index contributed by atoms with van der Waals surface area (Å²) in [4.78, 5) is 26.4. The van der Waals surface area contributed by atoms with E-state index in [-0.39, 0.29) is 11.6 Å². The lowest BCUT2D eigenvalue weighted by Crippen LogP contribution is -1.93. The smallest absolute Gasteiger partial charge is 0.185 e. The van der Waals surface area contributed by atoms with Gasteiger partial charge in [0.15, 0.2) is 11.6 Å². The van der Waals surface area contributed by atoms with Gasteiger partial charge in [0.1, 0.15) is 11.5 Å². The van der Waals surface area contributed by atoms with Crippen molar-refractivity contribution in [2.75, 3.05) is 0 Å². The topological polar surface area (TPSA) is 43.4 Å². The van der Waals surface area contributed by atoms with Crippen molar-refractivity contribution in [1.29, 1.82) is 0 Å². The summed E-state index contributed by atoms with van der Waals surface area (Å²) in [6.07, 6.45) is 6.94. The van der Waals surface area contributed by atoms with Crippen LogP contribution in [0.25, 0.3) is 12.2 Å². The molecule has 0 atom stereocenters. The number of carbonyl (C=O) groups excluding carboxylic acids is 2. The number of hydrogen-bond acceptors (Lipinski definition) is 4. The zero-order chi connectivity index (χ0) is 47.3. The predicted molar refractivity (Wildman–Crippen MR) is 280 cm³/mol. The Bertz CT molecular complexity index is 2480. The van der Waals surface area contributed by atoms with Gasteiger partial charge in [0.25, 0.3) is 0 Å². The van der Waals surface area contributed by atoms with E-state index < -0.39 is 0 Å². The van der Waals surface area contributed by atoms with E-state index >= 15 is 0 Å². The highest BCUT2D eigenvalue weighted by Crippen LogP contribution is 2.28. The molecule has 0 aliphatic carbocycles. The monoisotopic (exact) mass is 884 g/mol. The molecule has 3 nitrogen and oxygen atoms in total. The Balaban J connectivity index is 0.000000166. The summed E-state index contributed by atoms with van der Waals surface area (Å²) < 4.78 is 5.69. The first-order valence-electron chi connectivity index (χ1n) is 22.1. The minimum Gasteiger partial charge on any atom is -0.457 e. The number of benzene rings is 8. The molecule has 0 bridgehead atoms. The van der Waals surface area contributed by atoms with Crippen LogP contribution in [0, 0.1) is 55.4 Å². The van der Waals surface area contributed by atoms with Gasteiger partial charge < -0.3 is 4.74 Å². The third-order valence-corrected chi connectivity index (χ3v) is 11.3. The van der Waals surface area contributed by atoms with Gasteiger partial charge >= 0.3 is 0 Å². The van der Waals surface area contributed by atoms with Crippen LogP contribution in [0.1, 0.15) is 76.4 Å². The van der Waals surface area contributed by atoms with Gasteiger partial charge in [-0.3, -0.25) is 9.59 Å². The SMILES string of the molecule is Cc1ccc(C=CC(=O)c2ccc(C)cc2)cc1.Cc1ccc(C=CC(=O)c2ccc(C)cc2)cc1.Cc1ccc(Oc2ccc(C)cc2)cc1.Cc1ccc(Sc2ccc(C)cc2)cc1. The minimum absolute atomic E-state index is 0.0376. The largest absolute Gasteiger partial charge is 0.457 e. The fourth-order valence-corrected chi connectivity index (χ4v) is 6.84. The normalized spacial score (nSPS) is 10.5. The lowest BCUT2D eigenvalue weighted by Gasteiger charge is -2.05. The molecule has 0 saturated carbocycles. The first kappa shape index (κ1) is 49.7. The summed E-state index contributed by atoms with van der Waals surface area (Å²) in [5, 5.41) is 0. The van der Waals surface area contributed by atoms with Gasteiger partial charge in [-0.05, 0) is 127 Å². The molecule has 0 radical (unpaired) electrons. The van der Waals surface area contributed by atoms with Crippen LogP contribution < -0.4 is 4.74 Å². The fraction of sp³-hybridized carbons (Fsp3) is 0.129. The Hall–Kier alpha value is -7.27. The third-order valence-electron chi connectivity index (χ3n) is 10.2. The molecule has 0 unspecified atom stereocenters. The second-order valence-corrected chi connectivity index (χ2v) is 17.6. The number of ketones is 2. The van der Waals surface area contributed by atoms with Crippen LogP contribution in [0.3, 0.4) is 0 Å². The molecule has 66 heavy (non-hydrogen) atoms. The molecule has 0 aromatic heterocycles. The summed E-state index contributed by atoms with van der Waals surface area (Å²) >= 11 is 1.80. The number of ether oxygens (including phenoxy) is 1. The Morgan fingerprint density at radius 2 is 0.545 bits per heavy atom. The molecule has 4 heteroatoms. The Morgan fingerprint density at radius 1 is 0.318 bits per heavy atom. The Labute approximate surface area is 397 Å². The highest BCUT2D eigenvalue weighted by Gasteiger charge is 2.02. The third kappa shape index (κ3) is 18.1. The number of allylic oxidation sites excluding steroid dienone is 2. The summed E-state index contributed by atoms with van der Waals surface area (Å²) in [5.41, 5.74) is 13.4. The van der Waals surface area contributed by atoms with E-state index in [9.17, 15) is 9.59 Å². The maximum Gasteiger partial charge on any atom is 0.185 e. The number of aryl methyl sites for hydroxylation is 8. The van der Waals surface area contributed by atoms with E-state index in [1.54, 1.807) is 23.9 Å². The molecular weight excluding hydrogens is 825 g/mol. The van der Waals surface area contributed by atoms with Crippen LogP contribution in [0.4, 0.5) is 0 Å². The Kier molecular flexibility index (Phi) is 19.5. The molecule has 0 heterocycles. The maximum atomic E-state index is 11.9. The van der Waals surface area contributed by atoms with Crippen molar-refractivity contribution >= 4 is 35.5 Å². The van der Waals surface area contributed by atoms with Gasteiger partial charge in [-0.15, -0.1) is 0 Å². The second-order valence-electron chi connectivity index (χ2n) is 16.4. The zero-order valence-electron chi connectivity index (χ0n) is 39.4. The molecule has 8 aromatic carbocycles. The van der Waals surface area contributed by atoms with E-state index in [2.05, 4.69) is 76.2 Å². The molecule has 0 aliphatic heterocycles. The van der Waals surface area contributed by atoms with Crippen molar-refractivity contribution in [2.45, 2.75) is 65.2 Å². The fourth-order valence-electron chi connectivity index (χ4n) is 6.02. The van der Waals surface area contributed by atoms with Crippen molar-refractivity contribution in [1.82, 2.24) is 0 Å². The van der Waals surface area contributed by atoms with Gasteiger partial charge in [-0.1, -0.05) is 214 Å². The molecule has 0 aliphatic rings. The molecule has 0 fully saturated rings. The zero-order valence-corrected chi connectivity index (χ0v) is 40.2. The predicted octanol–water partition coefficient (Wildman–Crippen LogP) is 16.9. The number of rotatable bonds is 10. The standard InChI is InChI=1S/2C17H16O.C14H14O.C14H14S/c2*1-13-3-7-15(8-4-13)9-12-17(18)16-10-5-14(2)6-11-16;2*1-11-3-7-13(8-4-11)15-14-9-5-12(2)6-10-14/h2*3-12H,1-2H3;2*3-10H,1-2H3. The molecule has 0 saturated heterocycles. The average Bonchev–Trinajstić information content (AvgIpc) is 3.32. The highest BCUT2D eigenvalue weighted by molar-refractivity contribution is 7.99. The van der Waals surface area contributed by atoms with E-state index in [4.69, 9.17) is 4.74 Å². The number of carbonyl (C=O) groups is 2. The summed E-state index contributed by atoms with van der Waals surface area (Å²) in [5.74, 6) is 1.83. The first-order valence-corrected chi connectivity index (χ1v) is 22.9. The van der Waals surface area contributed by atoms with E-state index in [0.29, 0.717) is 0 Å². The first-order chi connectivity index (χ1) is 31.8. The van der Waals surface area contributed by atoms with Crippen molar-refractivity contribution in [2.24, 2.45) is 0 Å². The Morgan fingerprint density at radius 3 is 0.818 bits per heavy atom. The van der Waals surface area contributed by atoms with Crippen molar-refractivity contribution in [3.8, 4) is 11.5 Å². The molecule has 8 aromatic rings. The van der Waals surface area contributed by atoms with Crippen LogP contribution in [0.5, 0.6) is 11.5 Å². The molecular formula is C62H60O3S. The van der Waals surface area contributed by atoms with Crippen LogP contribution in [0.15, 0.2) is 216 Å². The van der Waals surface area contributed by atoms with Crippen LogP contribution >= 0.6 is 11.8 Å². The van der Waals surface area contributed by atoms with E-state index in [0.717, 1.165) is 44.9 Å². The maximum absolute atomic E-state index is 11.9. The summed E-state index contributed by atoms with van der Waals surface area (Å²) in [6.45, 7) is 16.5. The van der Waals surface area contributed by atoms with Crippen LogP contribution in [0.2, 0.25) is 0 Å². The van der Waals surface area contributed by atoms with Crippen molar-refractivity contribution in [3.05, 3.63) is 273 Å². The number of hydrogen-bond donors (Lipinski definition) is 0. The van der Waals surface area contributed by atoms with Gasteiger partial charge in [0.2, 0.25) is 0 Å². The minimum atomic E-state index is 0.0376. The van der Waals surface area contributed by atoms with E-state index in [1.807, 2.05) is 185 Å². The second kappa shape index (κ2) is 25.9. The average molecular weight is 885 g/mol. The molecule has 0 N–H and O–H groups in total. The quantitative estimate of drug-likeness (QED) is 0.101. The lowest BCUT2D eigenvalue weighted by atomic mass is 10.1. The molecule has 0 spiro atoms. The van der Waals surface area contributed by atoms with E-state index in [1.165, 1.54) is 43.2 Å². The van der Waals surface area contributed by atoms with Gasteiger partial charge in [0.05, 0.1) is 0 Å². The van der Waals surface area contributed by atoms with Crippen molar-refractivity contribution in [3.63, 3.8) is 0 Å². The van der Waals surface area contributed by atoms with Crippen molar-refractivity contribution < 1.29 is 14.3 Å². The van der Waals surface area contributed by atoms with Gasteiger partial charge in [0, 0.05) is 20.9 Å². The van der Waals surface area contributed by atoms with Crippen LogP contribution in [-0.2, 0) is 0 Å². The lowest BCUT2D eigenvalue weighted by molar-refractivity contribution is 0.103. The van der Waals surface area contributed by atoms with Crippen LogP contribution in [-0.4, -0.2) is 11.6 Å². The highest BCUT2D eigenvalue weighted by atomic mass is 32.2. The molecule has 0 amide bonds. The molecule has 8 rings (SSSR count). The van der Waals surface area contributed by atoms with Gasteiger partial charge in [-0.2, -0.15) is 0 Å². The summed E-state index contributed by atoms with van der Waals surface area (Å²) in [7, 11) is 0. The molecule has 332 valence electrons. The van der Waals surface area contributed by atoms with Gasteiger partial charge in [-0.25, -0.2) is 0 Å². The summed E-state index contributed by atoms with van der Waals surface area (Å²) in [6, 6.07) is 64.8.